The summed E-state index contributed by atoms with van der Waals surface area (Å²) < 4.78 is 37.5. The monoisotopic (exact) mass is 332 g/mol. The number of hydrogen-bond donors (Lipinski definition) is 1. The number of esters is 1. The van der Waals surface area contributed by atoms with Gasteiger partial charge in [-0.15, -0.1) is 0 Å². The van der Waals surface area contributed by atoms with Crippen molar-refractivity contribution in [1.29, 1.82) is 0 Å². The molecule has 3 rings (SSSR count). The second-order valence-electron chi connectivity index (χ2n) is 5.24. The number of methoxy groups -OCH3 is 1. The second kappa shape index (κ2) is 6.27. The normalized spacial score (nSPS) is 10.8. The van der Waals surface area contributed by atoms with Gasteiger partial charge in [-0.05, 0) is 36.8 Å². The summed E-state index contributed by atoms with van der Waals surface area (Å²) in [6.45, 7) is 1.73. The van der Waals surface area contributed by atoms with Crippen molar-refractivity contribution in [2.24, 2.45) is 0 Å². The maximum atomic E-state index is 14.4. The van der Waals surface area contributed by atoms with Crippen LogP contribution in [0.1, 0.15) is 11.1 Å². The summed E-state index contributed by atoms with van der Waals surface area (Å²) in [4.78, 5) is 15.4. The summed E-state index contributed by atoms with van der Waals surface area (Å²) in [6.07, 6.45) is -0.196. The van der Waals surface area contributed by atoms with Crippen LogP contribution in [0.15, 0.2) is 34.7 Å². The highest BCUT2D eigenvalue weighted by Gasteiger charge is 2.17. The number of aryl methyl sites for hydroxylation is 1. The molecule has 0 radical (unpaired) electrons. The van der Waals surface area contributed by atoms with E-state index in [-0.39, 0.29) is 29.4 Å². The van der Waals surface area contributed by atoms with Crippen LogP contribution in [0.4, 0.5) is 20.5 Å². The van der Waals surface area contributed by atoms with Gasteiger partial charge >= 0.3 is 5.97 Å². The molecule has 0 aliphatic heterocycles. The number of rotatable bonds is 4. The van der Waals surface area contributed by atoms with Crippen molar-refractivity contribution in [1.82, 2.24) is 4.98 Å². The van der Waals surface area contributed by atoms with Gasteiger partial charge in [0.15, 0.2) is 11.4 Å². The van der Waals surface area contributed by atoms with Crippen LogP contribution in [0.5, 0.6) is 0 Å². The molecule has 24 heavy (non-hydrogen) atoms. The number of halogens is 2. The molecule has 3 aromatic rings. The molecule has 0 saturated heterocycles. The Morgan fingerprint density at radius 2 is 2.08 bits per heavy atom. The number of benzene rings is 2. The molecule has 0 spiro atoms. The Labute approximate surface area is 136 Å². The highest BCUT2D eigenvalue weighted by atomic mass is 19.1. The van der Waals surface area contributed by atoms with E-state index in [2.05, 4.69) is 15.0 Å². The molecular weight excluding hydrogens is 318 g/mol. The fourth-order valence-electron chi connectivity index (χ4n) is 2.30. The highest BCUT2D eigenvalue weighted by Crippen LogP contribution is 2.27. The number of hydrogen-bond acceptors (Lipinski definition) is 5. The molecular formula is C17H14F2N2O3. The van der Waals surface area contributed by atoms with Crippen LogP contribution < -0.4 is 5.32 Å². The van der Waals surface area contributed by atoms with Crippen LogP contribution in [0.3, 0.4) is 0 Å². The van der Waals surface area contributed by atoms with Crippen molar-refractivity contribution in [2.45, 2.75) is 13.3 Å². The first kappa shape index (κ1) is 15.9. The van der Waals surface area contributed by atoms with E-state index in [1.807, 2.05) is 0 Å². The third-order valence-electron chi connectivity index (χ3n) is 3.57. The van der Waals surface area contributed by atoms with Crippen LogP contribution in [0, 0.1) is 18.6 Å². The SMILES string of the molecule is COC(=O)Cc1ccc2nc(Nc3ccc(F)cc3C)oc2c1F. The fourth-order valence-corrected chi connectivity index (χ4v) is 2.30. The van der Waals surface area contributed by atoms with Crippen molar-refractivity contribution in [3.05, 3.63) is 53.1 Å². The van der Waals surface area contributed by atoms with Gasteiger partial charge in [-0.2, -0.15) is 4.98 Å². The zero-order valence-electron chi connectivity index (χ0n) is 13.0. The molecule has 2 aromatic carbocycles. The Balaban J connectivity index is 1.93. The number of carbonyl (C=O) groups is 1. The van der Waals surface area contributed by atoms with Crippen LogP contribution in [0.25, 0.3) is 11.1 Å². The molecule has 124 valence electrons. The van der Waals surface area contributed by atoms with Gasteiger partial charge in [0, 0.05) is 11.3 Å². The Morgan fingerprint density at radius 3 is 2.79 bits per heavy atom. The lowest BCUT2D eigenvalue weighted by molar-refractivity contribution is -0.139. The smallest absolute Gasteiger partial charge is 0.310 e. The molecule has 7 heteroatoms. The number of nitrogens with zero attached hydrogens (tertiary/aromatic N) is 1. The molecule has 1 aromatic heterocycles. The first-order chi connectivity index (χ1) is 11.5. The van der Waals surface area contributed by atoms with E-state index in [0.29, 0.717) is 16.8 Å². The van der Waals surface area contributed by atoms with Crippen LogP contribution in [0.2, 0.25) is 0 Å². The zero-order chi connectivity index (χ0) is 17.3. The molecule has 0 aliphatic rings. The van der Waals surface area contributed by atoms with Crippen LogP contribution >= 0.6 is 0 Å². The van der Waals surface area contributed by atoms with Gasteiger partial charge in [0.1, 0.15) is 11.3 Å². The summed E-state index contributed by atoms with van der Waals surface area (Å²) in [5.74, 6) is -1.56. The standard InChI is InChI=1S/C17H14F2N2O3/c1-9-7-11(18)4-6-12(9)20-17-21-13-5-3-10(8-14(22)23-2)15(19)16(13)24-17/h3-7H,8H2,1-2H3,(H,20,21). The van der Waals surface area contributed by atoms with Crippen LogP contribution in [-0.4, -0.2) is 18.1 Å². The predicted molar refractivity (Wildman–Crippen MR) is 84.1 cm³/mol. The second-order valence-corrected chi connectivity index (χ2v) is 5.24. The molecule has 0 aliphatic carbocycles. The maximum Gasteiger partial charge on any atom is 0.310 e. The summed E-state index contributed by atoms with van der Waals surface area (Å²) >= 11 is 0. The van der Waals surface area contributed by atoms with Crippen molar-refractivity contribution < 1.29 is 22.7 Å². The summed E-state index contributed by atoms with van der Waals surface area (Å²) in [6, 6.07) is 7.30. The molecule has 0 saturated carbocycles. The van der Waals surface area contributed by atoms with Crippen LogP contribution in [-0.2, 0) is 16.0 Å². The van der Waals surface area contributed by atoms with Gasteiger partial charge in [-0.1, -0.05) is 6.07 Å². The van der Waals surface area contributed by atoms with Crippen molar-refractivity contribution >= 4 is 28.8 Å². The molecule has 0 fully saturated rings. The zero-order valence-corrected chi connectivity index (χ0v) is 13.0. The van der Waals surface area contributed by atoms with E-state index in [1.165, 1.54) is 25.3 Å². The maximum absolute atomic E-state index is 14.4. The molecule has 1 heterocycles. The van der Waals surface area contributed by atoms with Gasteiger partial charge < -0.3 is 14.5 Å². The Morgan fingerprint density at radius 1 is 1.29 bits per heavy atom. The number of fused-ring (bicyclic) bond motifs is 1. The molecule has 0 unspecified atom stereocenters. The van der Waals surface area contributed by atoms with E-state index < -0.39 is 11.8 Å². The molecule has 1 N–H and O–H groups in total. The summed E-state index contributed by atoms with van der Waals surface area (Å²) in [5, 5.41) is 2.88. The largest absolute Gasteiger partial charge is 0.469 e. The average Bonchev–Trinajstić information content (AvgIpc) is 2.96. The van der Waals surface area contributed by atoms with Gasteiger partial charge in [-0.3, -0.25) is 4.79 Å². The summed E-state index contributed by atoms with van der Waals surface area (Å²) in [7, 11) is 1.24. The van der Waals surface area contributed by atoms with E-state index in [4.69, 9.17) is 4.42 Å². The Kier molecular flexibility index (Phi) is 4.16. The first-order valence-electron chi connectivity index (χ1n) is 7.16. The highest BCUT2D eigenvalue weighted by molar-refractivity contribution is 5.80. The minimum absolute atomic E-state index is 0.0568. The number of nitrogens with one attached hydrogen (secondary N) is 1. The third kappa shape index (κ3) is 3.05. The Bertz CT molecular complexity index is 922. The lowest BCUT2D eigenvalue weighted by atomic mass is 10.1. The average molecular weight is 332 g/mol. The first-order valence-corrected chi connectivity index (χ1v) is 7.16. The molecule has 5 nitrogen and oxygen atoms in total. The third-order valence-corrected chi connectivity index (χ3v) is 3.57. The van der Waals surface area contributed by atoms with E-state index in [9.17, 15) is 13.6 Å². The minimum Gasteiger partial charge on any atom is -0.469 e. The van der Waals surface area contributed by atoms with E-state index >= 15 is 0 Å². The quantitative estimate of drug-likeness (QED) is 0.735. The lowest BCUT2D eigenvalue weighted by Gasteiger charge is -2.05. The van der Waals surface area contributed by atoms with Gasteiger partial charge in [0.25, 0.3) is 6.01 Å². The minimum atomic E-state index is -0.658. The number of aromatic nitrogens is 1. The number of oxazole rings is 1. The van der Waals surface area contributed by atoms with Gasteiger partial charge in [0.05, 0.1) is 13.5 Å². The molecule has 0 bridgehead atoms. The fraction of sp³-hybridized carbons (Fsp3) is 0.176. The van der Waals surface area contributed by atoms with Crippen molar-refractivity contribution in [3.63, 3.8) is 0 Å². The van der Waals surface area contributed by atoms with Crippen molar-refractivity contribution in [2.75, 3.05) is 12.4 Å². The number of anilines is 2. The lowest BCUT2D eigenvalue weighted by Crippen LogP contribution is -2.06. The topological polar surface area (TPSA) is 64.4 Å². The Hall–Kier alpha value is -2.96. The van der Waals surface area contributed by atoms with Gasteiger partial charge in [-0.25, -0.2) is 8.78 Å². The van der Waals surface area contributed by atoms with Gasteiger partial charge in [0.2, 0.25) is 0 Å². The number of carbonyl (C=O) groups excluding carboxylic acids is 1. The van der Waals surface area contributed by atoms with E-state index in [0.717, 1.165) is 0 Å². The molecule has 0 amide bonds. The summed E-state index contributed by atoms with van der Waals surface area (Å²) in [5.41, 5.74) is 1.67. The van der Waals surface area contributed by atoms with Crippen molar-refractivity contribution in [3.8, 4) is 0 Å². The number of ether oxygens (including phenoxy) is 1. The predicted octanol–water partition coefficient (Wildman–Crippen LogP) is 3.87. The van der Waals surface area contributed by atoms with E-state index in [1.54, 1.807) is 19.1 Å². The molecule has 0 atom stereocenters.